The van der Waals surface area contributed by atoms with Crippen molar-refractivity contribution in [1.29, 1.82) is 0 Å². The van der Waals surface area contributed by atoms with E-state index in [4.69, 9.17) is 0 Å². The Morgan fingerprint density at radius 2 is 1.77 bits per heavy atom. The molecule has 1 amide bonds. The molecule has 0 fully saturated rings. The van der Waals surface area contributed by atoms with E-state index in [0.717, 1.165) is 40.2 Å². The molecule has 0 aliphatic carbocycles. The number of hydrogen-bond acceptors (Lipinski definition) is 4. The first-order valence-corrected chi connectivity index (χ1v) is 9.47. The van der Waals surface area contributed by atoms with Crippen molar-refractivity contribution >= 4 is 33.1 Å². The molecule has 0 aliphatic heterocycles. The van der Waals surface area contributed by atoms with E-state index >= 15 is 0 Å². The number of carbonyl (C=O) groups is 1. The van der Waals surface area contributed by atoms with Crippen LogP contribution in [0, 0.1) is 17.5 Å². The van der Waals surface area contributed by atoms with E-state index in [9.17, 15) is 27.6 Å². The van der Waals surface area contributed by atoms with Gasteiger partial charge in [-0.1, -0.05) is 12.1 Å². The summed E-state index contributed by atoms with van der Waals surface area (Å²) in [6.07, 6.45) is 0. The lowest BCUT2D eigenvalue weighted by atomic mass is 10.3. The monoisotopic (exact) mass is 431 g/mol. The number of benzene rings is 2. The number of nitrogens with one attached hydrogen (secondary N) is 1. The summed E-state index contributed by atoms with van der Waals surface area (Å²) < 4.78 is 43.2. The number of rotatable bonds is 4. The number of thiophene rings is 1. The van der Waals surface area contributed by atoms with E-state index in [-0.39, 0.29) is 15.9 Å². The van der Waals surface area contributed by atoms with Gasteiger partial charge in [-0.15, -0.1) is 11.3 Å². The fourth-order valence-corrected chi connectivity index (χ4v) is 3.84. The van der Waals surface area contributed by atoms with Crippen molar-refractivity contribution in [3.63, 3.8) is 0 Å². The Hall–Kier alpha value is -3.66. The molecule has 0 unspecified atom stereocenters. The van der Waals surface area contributed by atoms with Gasteiger partial charge in [0, 0.05) is 6.07 Å². The molecule has 0 saturated heterocycles. The first kappa shape index (κ1) is 19.6. The summed E-state index contributed by atoms with van der Waals surface area (Å²) in [6, 6.07) is 9.27. The number of amides is 1. The Bertz CT molecular complexity index is 1410. The molecule has 0 atom stereocenters. The molecule has 0 aliphatic rings. The van der Waals surface area contributed by atoms with Gasteiger partial charge in [0.25, 0.3) is 5.56 Å². The third-order valence-corrected chi connectivity index (χ3v) is 5.24. The Morgan fingerprint density at radius 3 is 2.53 bits per heavy atom. The minimum Gasteiger partial charge on any atom is -0.322 e. The molecule has 1 N–H and O–H groups in total. The lowest BCUT2D eigenvalue weighted by Gasteiger charge is -2.13. The van der Waals surface area contributed by atoms with Crippen LogP contribution in [0.2, 0.25) is 0 Å². The Balaban J connectivity index is 1.81. The number of aromatic nitrogens is 2. The van der Waals surface area contributed by atoms with E-state index in [1.165, 1.54) is 24.3 Å². The van der Waals surface area contributed by atoms with Crippen molar-refractivity contribution in [3.05, 3.63) is 92.2 Å². The number of halogens is 3. The molecule has 0 radical (unpaired) electrons. The molecule has 4 rings (SSSR count). The SMILES string of the molecule is O=C(Cn1c(=O)n(-c2ccccc2F)c(=O)c2sccc21)Nc1cc(F)ccc1F. The van der Waals surface area contributed by atoms with Crippen molar-refractivity contribution in [2.24, 2.45) is 0 Å². The van der Waals surface area contributed by atoms with Gasteiger partial charge in [-0.3, -0.25) is 14.2 Å². The molecule has 0 saturated carbocycles. The van der Waals surface area contributed by atoms with Gasteiger partial charge < -0.3 is 5.32 Å². The van der Waals surface area contributed by atoms with Crippen LogP contribution in [-0.2, 0) is 11.3 Å². The van der Waals surface area contributed by atoms with Gasteiger partial charge in [-0.2, -0.15) is 0 Å². The van der Waals surface area contributed by atoms with Gasteiger partial charge in [0.15, 0.2) is 0 Å². The average Bonchev–Trinajstić information content (AvgIpc) is 3.20. The van der Waals surface area contributed by atoms with E-state index in [1.807, 2.05) is 0 Å². The van der Waals surface area contributed by atoms with Crippen molar-refractivity contribution in [1.82, 2.24) is 9.13 Å². The van der Waals surface area contributed by atoms with E-state index < -0.39 is 46.8 Å². The number of fused-ring (bicyclic) bond motifs is 1. The fraction of sp³-hybridized carbons (Fsp3) is 0.0500. The number of carbonyl (C=O) groups excluding carboxylic acids is 1. The zero-order valence-electron chi connectivity index (χ0n) is 15.1. The lowest BCUT2D eigenvalue weighted by Crippen LogP contribution is -2.40. The molecular formula is C20H12F3N3O3S. The average molecular weight is 431 g/mol. The Morgan fingerprint density at radius 1 is 1.00 bits per heavy atom. The van der Waals surface area contributed by atoms with Crippen LogP contribution >= 0.6 is 11.3 Å². The maximum Gasteiger partial charge on any atom is 0.336 e. The first-order valence-electron chi connectivity index (χ1n) is 8.59. The number of anilines is 1. The first-order chi connectivity index (χ1) is 14.4. The predicted molar refractivity (Wildman–Crippen MR) is 107 cm³/mol. The smallest absolute Gasteiger partial charge is 0.322 e. The van der Waals surface area contributed by atoms with Crippen LogP contribution < -0.4 is 16.6 Å². The molecule has 152 valence electrons. The molecule has 6 nitrogen and oxygen atoms in total. The van der Waals surface area contributed by atoms with Crippen LogP contribution in [-0.4, -0.2) is 15.0 Å². The summed E-state index contributed by atoms with van der Waals surface area (Å²) in [5, 5.41) is 3.75. The van der Waals surface area contributed by atoms with E-state index in [0.29, 0.717) is 4.57 Å². The summed E-state index contributed by atoms with van der Waals surface area (Å²) in [6.45, 7) is -0.600. The summed E-state index contributed by atoms with van der Waals surface area (Å²) >= 11 is 1.03. The van der Waals surface area contributed by atoms with Crippen LogP contribution in [0.1, 0.15) is 0 Å². The normalized spacial score (nSPS) is 11.0. The van der Waals surface area contributed by atoms with Crippen LogP contribution in [0.25, 0.3) is 15.9 Å². The highest BCUT2D eigenvalue weighted by Gasteiger charge is 2.19. The van der Waals surface area contributed by atoms with Crippen LogP contribution in [0.15, 0.2) is 63.5 Å². The van der Waals surface area contributed by atoms with Crippen LogP contribution in [0.3, 0.4) is 0 Å². The second kappa shape index (κ2) is 7.64. The van der Waals surface area contributed by atoms with Gasteiger partial charge >= 0.3 is 5.69 Å². The highest BCUT2D eigenvalue weighted by molar-refractivity contribution is 7.17. The summed E-state index contributed by atoms with van der Waals surface area (Å²) in [7, 11) is 0. The third-order valence-electron chi connectivity index (χ3n) is 4.35. The molecule has 4 aromatic rings. The molecule has 2 aromatic heterocycles. The minimum absolute atomic E-state index is 0.141. The fourth-order valence-electron chi connectivity index (χ4n) is 3.01. The van der Waals surface area contributed by atoms with Crippen LogP contribution in [0.5, 0.6) is 0 Å². The predicted octanol–water partition coefficient (Wildman–Crippen LogP) is 3.27. The largest absolute Gasteiger partial charge is 0.336 e. The number of nitrogens with zero attached hydrogens (tertiary/aromatic N) is 2. The highest BCUT2D eigenvalue weighted by Crippen LogP contribution is 2.18. The van der Waals surface area contributed by atoms with Crippen molar-refractivity contribution in [2.45, 2.75) is 6.54 Å². The quantitative estimate of drug-likeness (QED) is 0.539. The molecule has 30 heavy (non-hydrogen) atoms. The summed E-state index contributed by atoms with van der Waals surface area (Å²) in [5.41, 5.74) is -2.13. The zero-order chi connectivity index (χ0) is 21.4. The van der Waals surface area contributed by atoms with Crippen molar-refractivity contribution in [3.8, 4) is 5.69 Å². The standard InChI is InChI=1S/C20H12F3N3O3S/c21-11-5-6-12(22)14(9-11)24-17(27)10-25-16-7-8-30-18(16)19(28)26(20(25)29)15-4-2-1-3-13(15)23/h1-9H,10H2,(H,24,27). The maximum atomic E-state index is 14.3. The molecule has 2 heterocycles. The molecule has 2 aromatic carbocycles. The third kappa shape index (κ3) is 3.41. The van der Waals surface area contributed by atoms with E-state index in [2.05, 4.69) is 5.32 Å². The van der Waals surface area contributed by atoms with Crippen molar-refractivity contribution < 1.29 is 18.0 Å². The van der Waals surface area contributed by atoms with Crippen LogP contribution in [0.4, 0.5) is 18.9 Å². The molecule has 0 bridgehead atoms. The van der Waals surface area contributed by atoms with Gasteiger partial charge in [-0.25, -0.2) is 22.5 Å². The Labute approximate surface area is 170 Å². The highest BCUT2D eigenvalue weighted by atomic mass is 32.1. The van der Waals surface area contributed by atoms with E-state index in [1.54, 1.807) is 5.38 Å². The van der Waals surface area contributed by atoms with Crippen molar-refractivity contribution in [2.75, 3.05) is 5.32 Å². The minimum atomic E-state index is -0.939. The topological polar surface area (TPSA) is 73.1 Å². The summed E-state index contributed by atoms with van der Waals surface area (Å²) in [4.78, 5) is 38.2. The Kier molecular flexibility index (Phi) is 5.00. The molecular weight excluding hydrogens is 419 g/mol. The molecule has 0 spiro atoms. The number of hydrogen-bond donors (Lipinski definition) is 1. The van der Waals surface area contributed by atoms with Gasteiger partial charge in [0.1, 0.15) is 28.7 Å². The lowest BCUT2D eigenvalue weighted by molar-refractivity contribution is -0.116. The second-order valence-corrected chi connectivity index (χ2v) is 7.18. The summed E-state index contributed by atoms with van der Waals surface area (Å²) in [5.74, 6) is -3.22. The second-order valence-electron chi connectivity index (χ2n) is 6.27. The maximum absolute atomic E-state index is 14.3. The molecule has 10 heteroatoms. The van der Waals surface area contributed by atoms with Gasteiger partial charge in [0.2, 0.25) is 5.91 Å². The van der Waals surface area contributed by atoms with Gasteiger partial charge in [-0.05, 0) is 35.7 Å². The zero-order valence-corrected chi connectivity index (χ0v) is 15.9. The van der Waals surface area contributed by atoms with Gasteiger partial charge in [0.05, 0.1) is 16.9 Å². The number of para-hydroxylation sites is 1.